The van der Waals surface area contributed by atoms with E-state index in [9.17, 15) is 29.1 Å². The van der Waals surface area contributed by atoms with Crippen molar-refractivity contribution in [1.82, 2.24) is 29.4 Å². The summed E-state index contributed by atoms with van der Waals surface area (Å²) in [5.41, 5.74) is -0.440. The number of amides is 2. The number of carbonyl (C=O) groups is 3. The molecule has 4 rings (SSSR count). The van der Waals surface area contributed by atoms with Gasteiger partial charge in [0.15, 0.2) is 22.9 Å². The molecule has 3 N–H and O–H groups in total. The molecule has 3 aromatic rings. The number of aromatic hydroxyl groups is 1. The van der Waals surface area contributed by atoms with Gasteiger partial charge in [0.2, 0.25) is 11.3 Å². The maximum absolute atomic E-state index is 13.0. The molecule has 0 radical (unpaired) electrons. The van der Waals surface area contributed by atoms with E-state index < -0.39 is 34.6 Å². The van der Waals surface area contributed by atoms with Crippen LogP contribution in [0, 0.1) is 5.92 Å². The number of nitrogens with zero attached hydrogens (tertiary/aromatic N) is 4. The van der Waals surface area contributed by atoms with Crippen LogP contribution in [-0.4, -0.2) is 59.4 Å². The van der Waals surface area contributed by atoms with Crippen molar-refractivity contribution in [3.63, 3.8) is 0 Å². The van der Waals surface area contributed by atoms with Gasteiger partial charge in [-0.15, -0.1) is 0 Å². The summed E-state index contributed by atoms with van der Waals surface area (Å²) < 4.78 is 2.78. The molecule has 36 heavy (non-hydrogen) atoms. The maximum atomic E-state index is 13.0. The summed E-state index contributed by atoms with van der Waals surface area (Å²) in [5, 5.41) is 19.2. The third-order valence-corrected chi connectivity index (χ3v) is 6.51. The summed E-state index contributed by atoms with van der Waals surface area (Å²) in [6, 6.07) is 4.22. The Morgan fingerprint density at radius 2 is 1.97 bits per heavy atom. The summed E-state index contributed by atoms with van der Waals surface area (Å²) in [6.45, 7) is 6.20. The van der Waals surface area contributed by atoms with Crippen molar-refractivity contribution in [2.24, 2.45) is 5.92 Å². The molecule has 12 heteroatoms. The van der Waals surface area contributed by atoms with Crippen LogP contribution < -0.4 is 16.4 Å². The lowest BCUT2D eigenvalue weighted by Crippen LogP contribution is -2.46. The fourth-order valence-corrected chi connectivity index (χ4v) is 4.47. The maximum Gasteiger partial charge on any atom is 0.347 e. The average molecular weight is 497 g/mol. The highest BCUT2D eigenvalue weighted by Gasteiger charge is 2.31. The molecule has 190 valence electrons. The average Bonchev–Trinajstić information content (AvgIpc) is 3.24. The molecule has 1 unspecified atom stereocenters. The highest BCUT2D eigenvalue weighted by atomic mass is 16.3. The number of hydrogen-bond donors (Lipinski definition) is 3. The Bertz CT molecular complexity index is 1470. The molecular formula is C24H28N6O6. The number of fused-ring (bicyclic) bond motifs is 2. The van der Waals surface area contributed by atoms with Gasteiger partial charge in [-0.05, 0) is 32.4 Å². The number of nitrogens with one attached hydrogen (secondary N) is 2. The Morgan fingerprint density at radius 1 is 1.22 bits per heavy atom. The first-order chi connectivity index (χ1) is 17.1. The highest BCUT2D eigenvalue weighted by molar-refractivity contribution is 6.03. The van der Waals surface area contributed by atoms with Crippen LogP contribution in [0.3, 0.4) is 0 Å². The van der Waals surface area contributed by atoms with Crippen LogP contribution in [0.2, 0.25) is 0 Å². The van der Waals surface area contributed by atoms with Crippen molar-refractivity contribution in [2.45, 2.75) is 52.7 Å². The van der Waals surface area contributed by atoms with Gasteiger partial charge in [-0.2, -0.15) is 5.10 Å². The lowest BCUT2D eigenvalue weighted by Gasteiger charge is -2.34. The van der Waals surface area contributed by atoms with Crippen molar-refractivity contribution in [2.75, 3.05) is 6.54 Å². The van der Waals surface area contributed by atoms with Crippen molar-refractivity contribution in [1.29, 1.82) is 0 Å². The number of Topliss-reactive ketones (excluding diaryl/α,β-unsaturated/α-hetero) is 1. The van der Waals surface area contributed by atoms with E-state index in [1.54, 1.807) is 28.5 Å². The molecule has 0 saturated heterocycles. The Morgan fingerprint density at radius 3 is 2.67 bits per heavy atom. The molecule has 0 aromatic carbocycles. The summed E-state index contributed by atoms with van der Waals surface area (Å²) in [6.07, 6.45) is 1.77. The van der Waals surface area contributed by atoms with Gasteiger partial charge in [0.1, 0.15) is 0 Å². The molecule has 1 aliphatic heterocycles. The Balaban J connectivity index is 1.51. The van der Waals surface area contributed by atoms with Crippen LogP contribution in [0.1, 0.15) is 60.2 Å². The minimum atomic E-state index is -0.700. The van der Waals surface area contributed by atoms with E-state index in [0.717, 1.165) is 0 Å². The number of pyridine rings is 2. The quantitative estimate of drug-likeness (QED) is 0.387. The van der Waals surface area contributed by atoms with Crippen LogP contribution in [-0.2, 0) is 17.9 Å². The molecule has 12 nitrogen and oxygen atoms in total. The zero-order valence-corrected chi connectivity index (χ0v) is 20.3. The number of aromatic nitrogens is 4. The molecule has 3 aromatic heterocycles. The van der Waals surface area contributed by atoms with Gasteiger partial charge in [0, 0.05) is 49.4 Å². The number of ketones is 1. The molecule has 0 fully saturated rings. The third kappa shape index (κ3) is 4.41. The first kappa shape index (κ1) is 24.9. The number of rotatable bonds is 8. The normalized spacial score (nSPS) is 14.2. The van der Waals surface area contributed by atoms with Crippen molar-refractivity contribution in [3.8, 4) is 5.75 Å². The van der Waals surface area contributed by atoms with Gasteiger partial charge in [-0.3, -0.25) is 19.2 Å². The van der Waals surface area contributed by atoms with E-state index in [1.165, 1.54) is 16.7 Å². The zero-order chi connectivity index (χ0) is 26.1. The van der Waals surface area contributed by atoms with Crippen LogP contribution in [0.25, 0.3) is 5.65 Å². The SMILES string of the molecule is CCC(CC(=O)c1cccn2c(=O)[nH]nc12)C(=O)NCc1cc(=O)c(O)c2n1CCN(C(C)C)C2=O. The lowest BCUT2D eigenvalue weighted by molar-refractivity contribution is -0.125. The monoisotopic (exact) mass is 496 g/mol. The number of carbonyl (C=O) groups excluding carboxylic acids is 3. The standard InChI is InChI=1S/C24H28N6O6/c1-4-14(10-17(31)16-6-5-7-30-21(16)26-27-24(30)36)22(34)25-12-15-11-18(32)20(33)19-23(35)28(13(2)3)8-9-29(15)19/h5-7,11,13-14,33H,4,8-10,12H2,1-3H3,(H,25,34)(H,27,36). The molecule has 1 aliphatic rings. The van der Waals surface area contributed by atoms with Crippen LogP contribution in [0.5, 0.6) is 5.75 Å². The number of hydrogen-bond acceptors (Lipinski definition) is 7. The van der Waals surface area contributed by atoms with Crippen LogP contribution in [0.15, 0.2) is 34.0 Å². The highest BCUT2D eigenvalue weighted by Crippen LogP contribution is 2.23. The fourth-order valence-electron chi connectivity index (χ4n) is 4.47. The van der Waals surface area contributed by atoms with E-state index in [0.29, 0.717) is 25.2 Å². The van der Waals surface area contributed by atoms with E-state index in [1.807, 2.05) is 13.8 Å². The molecular weight excluding hydrogens is 468 g/mol. The molecule has 0 saturated carbocycles. The van der Waals surface area contributed by atoms with E-state index in [2.05, 4.69) is 15.5 Å². The van der Waals surface area contributed by atoms with E-state index in [4.69, 9.17) is 0 Å². The Kier molecular flexibility index (Phi) is 6.77. The minimum Gasteiger partial charge on any atom is -0.503 e. The first-order valence-electron chi connectivity index (χ1n) is 11.8. The molecule has 1 atom stereocenters. The second-order valence-electron chi connectivity index (χ2n) is 9.04. The lowest BCUT2D eigenvalue weighted by atomic mass is 9.95. The third-order valence-electron chi connectivity index (χ3n) is 6.51. The summed E-state index contributed by atoms with van der Waals surface area (Å²) in [4.78, 5) is 64.5. The van der Waals surface area contributed by atoms with Crippen molar-refractivity contribution < 1.29 is 19.5 Å². The Labute approximate surface area is 205 Å². The molecule has 2 amide bonds. The second-order valence-corrected chi connectivity index (χ2v) is 9.04. The predicted octanol–water partition coefficient (Wildman–Crippen LogP) is 0.670. The Hall–Kier alpha value is -4.22. The smallest absolute Gasteiger partial charge is 0.347 e. The van der Waals surface area contributed by atoms with Crippen molar-refractivity contribution in [3.05, 3.63) is 62.1 Å². The van der Waals surface area contributed by atoms with Gasteiger partial charge in [0.05, 0.1) is 12.1 Å². The van der Waals surface area contributed by atoms with Crippen LogP contribution >= 0.6 is 0 Å². The van der Waals surface area contributed by atoms with Crippen LogP contribution in [0.4, 0.5) is 0 Å². The van der Waals surface area contributed by atoms with Crippen molar-refractivity contribution >= 4 is 23.2 Å². The molecule has 0 spiro atoms. The largest absolute Gasteiger partial charge is 0.503 e. The molecule has 4 heterocycles. The topological polar surface area (TPSA) is 159 Å². The number of aromatic amines is 1. The van der Waals surface area contributed by atoms with Gasteiger partial charge in [0.25, 0.3) is 5.91 Å². The van der Waals surface area contributed by atoms with Gasteiger partial charge in [-0.1, -0.05) is 6.92 Å². The molecule has 0 aliphatic carbocycles. The van der Waals surface area contributed by atoms with Gasteiger partial charge < -0.3 is 19.9 Å². The van der Waals surface area contributed by atoms with E-state index in [-0.39, 0.29) is 41.7 Å². The van der Waals surface area contributed by atoms with Gasteiger partial charge >= 0.3 is 5.69 Å². The fraction of sp³-hybridized carbons (Fsp3) is 0.417. The molecule has 0 bridgehead atoms. The number of H-pyrrole nitrogens is 1. The zero-order valence-electron chi connectivity index (χ0n) is 20.3. The summed E-state index contributed by atoms with van der Waals surface area (Å²) in [5.74, 6) is -2.43. The predicted molar refractivity (Wildman–Crippen MR) is 129 cm³/mol. The summed E-state index contributed by atoms with van der Waals surface area (Å²) in [7, 11) is 0. The first-order valence-corrected chi connectivity index (χ1v) is 11.8. The van der Waals surface area contributed by atoms with E-state index >= 15 is 0 Å². The second kappa shape index (κ2) is 9.80. The van der Waals surface area contributed by atoms with Gasteiger partial charge in [-0.25, -0.2) is 14.3 Å². The minimum absolute atomic E-state index is 0.0503. The summed E-state index contributed by atoms with van der Waals surface area (Å²) >= 11 is 0.